The molecule has 2 amide bonds. The van der Waals surface area contributed by atoms with Gasteiger partial charge >= 0.3 is 0 Å². The first kappa shape index (κ1) is 17.7. The molecule has 0 aromatic heterocycles. The molecule has 25 heavy (non-hydrogen) atoms. The highest BCUT2D eigenvalue weighted by Gasteiger charge is 2.33. The molecule has 1 saturated carbocycles. The van der Waals surface area contributed by atoms with E-state index in [0.29, 0.717) is 36.6 Å². The molecule has 1 aromatic carbocycles. The maximum atomic E-state index is 12.3. The van der Waals surface area contributed by atoms with Crippen LogP contribution in [0.1, 0.15) is 51.4 Å². The average Bonchev–Trinajstić information content (AvgIpc) is 3.21. The van der Waals surface area contributed by atoms with Crippen LogP contribution in [0.3, 0.4) is 0 Å². The van der Waals surface area contributed by atoms with Gasteiger partial charge < -0.3 is 15.7 Å². The first-order chi connectivity index (χ1) is 12.0. The van der Waals surface area contributed by atoms with Crippen LogP contribution in [0.25, 0.3) is 0 Å². The molecule has 2 aliphatic carbocycles. The van der Waals surface area contributed by atoms with E-state index in [2.05, 4.69) is 22.8 Å². The molecule has 1 atom stereocenters. The second kappa shape index (κ2) is 7.83. The van der Waals surface area contributed by atoms with Crippen molar-refractivity contribution in [3.8, 4) is 0 Å². The number of carbonyl (C=O) groups is 2. The highest BCUT2D eigenvalue weighted by atomic mass is 16.3. The maximum Gasteiger partial charge on any atom is 0.227 e. The van der Waals surface area contributed by atoms with Gasteiger partial charge in [0.05, 0.1) is 23.4 Å². The van der Waals surface area contributed by atoms with Gasteiger partial charge in [-0.3, -0.25) is 9.59 Å². The first-order valence-electron chi connectivity index (χ1n) is 9.12. The number of para-hydroxylation sites is 2. The number of allylic oxidation sites excluding steroid dienone is 2. The maximum absolute atomic E-state index is 12.3. The van der Waals surface area contributed by atoms with Gasteiger partial charge in [0.15, 0.2) is 0 Å². The van der Waals surface area contributed by atoms with E-state index in [1.54, 1.807) is 12.1 Å². The second-order valence-corrected chi connectivity index (χ2v) is 7.22. The Labute approximate surface area is 148 Å². The minimum Gasteiger partial charge on any atom is -0.389 e. The van der Waals surface area contributed by atoms with Crippen molar-refractivity contribution in [2.75, 3.05) is 10.6 Å². The smallest absolute Gasteiger partial charge is 0.227 e. The Hall–Kier alpha value is -2.14. The molecule has 0 radical (unpaired) electrons. The molecule has 0 spiro atoms. The van der Waals surface area contributed by atoms with Gasteiger partial charge in [0.2, 0.25) is 11.8 Å². The summed E-state index contributed by atoms with van der Waals surface area (Å²) in [4.78, 5) is 24.5. The summed E-state index contributed by atoms with van der Waals surface area (Å²) >= 11 is 0. The van der Waals surface area contributed by atoms with Gasteiger partial charge in [-0.25, -0.2) is 0 Å². The molecule has 3 rings (SSSR count). The zero-order valence-electron chi connectivity index (χ0n) is 14.5. The molecule has 1 fully saturated rings. The van der Waals surface area contributed by atoms with Gasteiger partial charge in [0.25, 0.3) is 0 Å². The summed E-state index contributed by atoms with van der Waals surface area (Å²) in [7, 11) is 0. The van der Waals surface area contributed by atoms with Crippen LogP contribution in [-0.4, -0.2) is 22.5 Å². The molecule has 0 heterocycles. The van der Waals surface area contributed by atoms with Crippen molar-refractivity contribution >= 4 is 23.2 Å². The van der Waals surface area contributed by atoms with Crippen LogP contribution < -0.4 is 10.6 Å². The molecular weight excluding hydrogens is 316 g/mol. The van der Waals surface area contributed by atoms with Crippen molar-refractivity contribution in [3.05, 3.63) is 36.4 Å². The Kier molecular flexibility index (Phi) is 5.53. The van der Waals surface area contributed by atoms with E-state index >= 15 is 0 Å². The number of aliphatic hydroxyl groups is 1. The SMILES string of the molecule is O=C(CC1C=CCC1)Nc1ccccc1NC(=O)CC1(O)CCCC1. The normalized spacial score (nSPS) is 21.2. The van der Waals surface area contributed by atoms with Crippen molar-refractivity contribution in [2.24, 2.45) is 5.92 Å². The van der Waals surface area contributed by atoms with Crippen LogP contribution in [0.5, 0.6) is 0 Å². The molecular formula is C20H26N2O3. The van der Waals surface area contributed by atoms with Gasteiger partial charge in [-0.05, 0) is 43.7 Å². The molecule has 134 valence electrons. The lowest BCUT2D eigenvalue weighted by Crippen LogP contribution is -2.31. The van der Waals surface area contributed by atoms with Gasteiger partial charge in [-0.2, -0.15) is 0 Å². The molecule has 5 heteroatoms. The van der Waals surface area contributed by atoms with E-state index in [1.165, 1.54) is 0 Å². The summed E-state index contributed by atoms with van der Waals surface area (Å²) in [6.45, 7) is 0. The summed E-state index contributed by atoms with van der Waals surface area (Å²) in [5, 5.41) is 16.1. The number of nitrogens with one attached hydrogen (secondary N) is 2. The molecule has 0 bridgehead atoms. The first-order valence-corrected chi connectivity index (χ1v) is 9.12. The largest absolute Gasteiger partial charge is 0.389 e. The van der Waals surface area contributed by atoms with Crippen molar-refractivity contribution in [1.29, 1.82) is 0 Å². The lowest BCUT2D eigenvalue weighted by Gasteiger charge is -2.21. The number of amides is 2. The fraction of sp³-hybridized carbons (Fsp3) is 0.500. The van der Waals surface area contributed by atoms with E-state index in [0.717, 1.165) is 25.7 Å². The fourth-order valence-electron chi connectivity index (χ4n) is 3.71. The number of carbonyl (C=O) groups excluding carboxylic acids is 2. The van der Waals surface area contributed by atoms with Crippen LogP contribution in [0.4, 0.5) is 11.4 Å². The van der Waals surface area contributed by atoms with Crippen molar-refractivity contribution < 1.29 is 14.7 Å². The van der Waals surface area contributed by atoms with Gasteiger partial charge in [-0.15, -0.1) is 0 Å². The number of hydrogen-bond donors (Lipinski definition) is 3. The van der Waals surface area contributed by atoms with Crippen molar-refractivity contribution in [1.82, 2.24) is 0 Å². The van der Waals surface area contributed by atoms with Crippen molar-refractivity contribution in [3.63, 3.8) is 0 Å². The highest BCUT2D eigenvalue weighted by molar-refractivity contribution is 5.99. The lowest BCUT2D eigenvalue weighted by molar-refractivity contribution is -0.121. The molecule has 2 aliphatic rings. The second-order valence-electron chi connectivity index (χ2n) is 7.22. The van der Waals surface area contributed by atoms with Crippen LogP contribution >= 0.6 is 0 Å². The van der Waals surface area contributed by atoms with Crippen molar-refractivity contribution in [2.45, 2.75) is 57.0 Å². The van der Waals surface area contributed by atoms with E-state index < -0.39 is 5.60 Å². The van der Waals surface area contributed by atoms with Crippen LogP contribution in [0.2, 0.25) is 0 Å². The van der Waals surface area contributed by atoms with Crippen LogP contribution in [-0.2, 0) is 9.59 Å². The third-order valence-electron chi connectivity index (χ3n) is 5.06. The highest BCUT2D eigenvalue weighted by Crippen LogP contribution is 2.33. The summed E-state index contributed by atoms with van der Waals surface area (Å²) in [5.74, 6) is 0.0378. The van der Waals surface area contributed by atoms with Gasteiger partial charge in [0, 0.05) is 6.42 Å². The summed E-state index contributed by atoms with van der Waals surface area (Å²) < 4.78 is 0. The Morgan fingerprint density at radius 2 is 1.72 bits per heavy atom. The third-order valence-corrected chi connectivity index (χ3v) is 5.06. The van der Waals surface area contributed by atoms with Crippen LogP contribution in [0, 0.1) is 5.92 Å². The third kappa shape index (κ3) is 4.92. The Balaban J connectivity index is 1.59. The molecule has 3 N–H and O–H groups in total. The van der Waals surface area contributed by atoms with Gasteiger partial charge in [0.1, 0.15) is 0 Å². The Morgan fingerprint density at radius 1 is 1.08 bits per heavy atom. The van der Waals surface area contributed by atoms with Crippen LogP contribution in [0.15, 0.2) is 36.4 Å². The molecule has 5 nitrogen and oxygen atoms in total. The summed E-state index contributed by atoms with van der Waals surface area (Å²) in [5.41, 5.74) is 0.294. The number of benzene rings is 1. The lowest BCUT2D eigenvalue weighted by atomic mass is 9.97. The molecule has 0 saturated heterocycles. The zero-order valence-corrected chi connectivity index (χ0v) is 14.5. The predicted octanol–water partition coefficient (Wildman–Crippen LogP) is 3.62. The van der Waals surface area contributed by atoms with E-state index in [-0.39, 0.29) is 18.2 Å². The van der Waals surface area contributed by atoms with E-state index in [4.69, 9.17) is 0 Å². The summed E-state index contributed by atoms with van der Waals surface area (Å²) in [6, 6.07) is 7.18. The van der Waals surface area contributed by atoms with E-state index in [9.17, 15) is 14.7 Å². The standard InChI is InChI=1S/C20H26N2O3/c23-18(13-15-7-1-2-8-15)21-16-9-3-4-10-17(16)22-19(24)14-20(25)11-5-6-12-20/h1,3-4,7,9-10,15,25H,2,5-6,8,11-14H2,(H,21,23)(H,22,24). The molecule has 0 aliphatic heterocycles. The van der Waals surface area contributed by atoms with E-state index in [1.807, 2.05) is 12.1 Å². The van der Waals surface area contributed by atoms with Gasteiger partial charge in [-0.1, -0.05) is 37.1 Å². The minimum absolute atomic E-state index is 0.0485. The fourth-order valence-corrected chi connectivity index (χ4v) is 3.71. The number of anilines is 2. The predicted molar refractivity (Wildman–Crippen MR) is 98.2 cm³/mol. The number of hydrogen-bond acceptors (Lipinski definition) is 3. The summed E-state index contributed by atoms with van der Waals surface area (Å²) in [6.07, 6.45) is 10.1. The Morgan fingerprint density at radius 3 is 2.32 bits per heavy atom. The zero-order chi connectivity index (χ0) is 17.7. The number of rotatable bonds is 6. The quantitative estimate of drug-likeness (QED) is 0.691. The molecule has 1 unspecified atom stereocenters. The monoisotopic (exact) mass is 342 g/mol. The average molecular weight is 342 g/mol. The topological polar surface area (TPSA) is 78.4 Å². The Bertz CT molecular complexity index is 663. The minimum atomic E-state index is -0.878. The molecule has 1 aromatic rings.